The summed E-state index contributed by atoms with van der Waals surface area (Å²) in [5.41, 5.74) is 1.14. The minimum Gasteiger partial charge on any atom is -0.470 e. The molecule has 1 atom stereocenters. The maximum Gasteiger partial charge on any atom is 0.318 e. The van der Waals surface area contributed by atoms with Gasteiger partial charge in [0.1, 0.15) is 5.75 Å². The van der Waals surface area contributed by atoms with Crippen molar-refractivity contribution in [1.82, 2.24) is 15.1 Å². The predicted octanol–water partition coefficient (Wildman–Crippen LogP) is 3.51. The summed E-state index contributed by atoms with van der Waals surface area (Å²) in [4.78, 5) is 2.47. The highest BCUT2D eigenvalue weighted by Crippen LogP contribution is 2.30. The number of aryl methyl sites for hydroxylation is 1. The zero-order chi connectivity index (χ0) is 17.1. The highest BCUT2D eigenvalue weighted by Gasteiger charge is 2.21. The van der Waals surface area contributed by atoms with Gasteiger partial charge in [-0.25, -0.2) is 0 Å². The number of likely N-dealkylation sites (tertiary alicyclic amines) is 1. The molecule has 6 nitrogen and oxygen atoms in total. The van der Waals surface area contributed by atoms with E-state index in [4.69, 9.17) is 20.8 Å². The van der Waals surface area contributed by atoms with Crippen molar-refractivity contribution in [2.75, 3.05) is 25.0 Å². The Kier molecular flexibility index (Phi) is 5.08. The number of piperidine rings is 1. The molecule has 2 aromatic rings. The van der Waals surface area contributed by atoms with Gasteiger partial charge >= 0.3 is 6.01 Å². The molecule has 1 fully saturated rings. The van der Waals surface area contributed by atoms with Gasteiger partial charge < -0.3 is 19.4 Å². The molecule has 7 heteroatoms. The van der Waals surface area contributed by atoms with Crippen LogP contribution in [0.5, 0.6) is 5.75 Å². The second-order valence-corrected chi connectivity index (χ2v) is 7.13. The average molecular weight is 363 g/mol. The van der Waals surface area contributed by atoms with Gasteiger partial charge in [0.15, 0.2) is 6.23 Å². The van der Waals surface area contributed by atoms with Crippen LogP contribution >= 0.6 is 11.6 Å². The molecule has 0 spiro atoms. The van der Waals surface area contributed by atoms with Crippen LogP contribution in [0.2, 0.25) is 5.02 Å². The third kappa shape index (κ3) is 4.25. The number of nitrogens with one attached hydrogen (secondary N) is 1. The van der Waals surface area contributed by atoms with E-state index in [1.807, 2.05) is 18.2 Å². The molecule has 134 valence electrons. The third-order valence-corrected chi connectivity index (χ3v) is 5.04. The maximum atomic E-state index is 6.02. The van der Waals surface area contributed by atoms with Gasteiger partial charge in [0.2, 0.25) is 5.89 Å². The fraction of sp³-hybridized carbons (Fsp3) is 0.556. The van der Waals surface area contributed by atoms with Crippen LogP contribution in [-0.2, 0) is 12.8 Å². The van der Waals surface area contributed by atoms with Crippen molar-refractivity contribution < 1.29 is 9.15 Å². The molecule has 4 rings (SSSR count). The lowest BCUT2D eigenvalue weighted by molar-refractivity contribution is 0.196. The molecule has 0 saturated carbocycles. The number of nitrogens with zero attached hydrogens (tertiary/aromatic N) is 3. The summed E-state index contributed by atoms with van der Waals surface area (Å²) < 4.78 is 11.7. The van der Waals surface area contributed by atoms with Gasteiger partial charge in [0, 0.05) is 24.4 Å². The Morgan fingerprint density at radius 1 is 1.20 bits per heavy atom. The average Bonchev–Trinajstić information content (AvgIpc) is 3.08. The predicted molar refractivity (Wildman–Crippen MR) is 96.1 cm³/mol. The fourth-order valence-electron chi connectivity index (χ4n) is 3.45. The Labute approximate surface area is 152 Å². The SMILES string of the molecule is Clc1ccc2c(c1)CCC(Nc1nnc(CCN3CCCCC3)o1)O2. The highest BCUT2D eigenvalue weighted by molar-refractivity contribution is 6.30. The lowest BCUT2D eigenvalue weighted by Crippen LogP contribution is -2.31. The van der Waals surface area contributed by atoms with Gasteiger partial charge in [-0.05, 0) is 56.1 Å². The number of aromatic nitrogens is 2. The van der Waals surface area contributed by atoms with E-state index in [0.29, 0.717) is 11.9 Å². The van der Waals surface area contributed by atoms with Crippen molar-refractivity contribution in [3.05, 3.63) is 34.7 Å². The molecule has 0 bridgehead atoms. The second kappa shape index (κ2) is 7.62. The first-order valence-corrected chi connectivity index (χ1v) is 9.40. The van der Waals surface area contributed by atoms with Crippen molar-refractivity contribution in [3.63, 3.8) is 0 Å². The Hall–Kier alpha value is -1.79. The summed E-state index contributed by atoms with van der Waals surface area (Å²) in [6.07, 6.45) is 6.31. The molecule has 0 amide bonds. The maximum absolute atomic E-state index is 6.02. The summed E-state index contributed by atoms with van der Waals surface area (Å²) in [5, 5.41) is 12.2. The van der Waals surface area contributed by atoms with Crippen molar-refractivity contribution in [1.29, 1.82) is 0 Å². The first-order valence-electron chi connectivity index (χ1n) is 9.03. The summed E-state index contributed by atoms with van der Waals surface area (Å²) in [7, 11) is 0. The van der Waals surface area contributed by atoms with Gasteiger partial charge in [-0.2, -0.15) is 0 Å². The fourth-order valence-corrected chi connectivity index (χ4v) is 3.64. The number of rotatable bonds is 5. The van der Waals surface area contributed by atoms with Crippen LogP contribution in [0.3, 0.4) is 0 Å². The van der Waals surface area contributed by atoms with E-state index >= 15 is 0 Å². The minimum absolute atomic E-state index is 0.163. The van der Waals surface area contributed by atoms with Crippen LogP contribution in [-0.4, -0.2) is 41.0 Å². The molecular formula is C18H23ClN4O2. The van der Waals surface area contributed by atoms with Crippen LogP contribution in [0.15, 0.2) is 22.6 Å². The molecule has 1 aromatic carbocycles. The number of hydrogen-bond donors (Lipinski definition) is 1. The molecule has 2 aliphatic heterocycles. The zero-order valence-electron chi connectivity index (χ0n) is 14.2. The number of anilines is 1. The van der Waals surface area contributed by atoms with Crippen molar-refractivity contribution in [2.45, 2.75) is 44.8 Å². The summed E-state index contributed by atoms with van der Waals surface area (Å²) >= 11 is 6.02. The van der Waals surface area contributed by atoms with Crippen molar-refractivity contribution in [3.8, 4) is 5.75 Å². The number of hydrogen-bond acceptors (Lipinski definition) is 6. The Balaban J connectivity index is 1.30. The van der Waals surface area contributed by atoms with Crippen LogP contribution < -0.4 is 10.1 Å². The lowest BCUT2D eigenvalue weighted by Gasteiger charge is -2.26. The first-order chi connectivity index (χ1) is 12.3. The number of fused-ring (bicyclic) bond motifs is 1. The smallest absolute Gasteiger partial charge is 0.318 e. The second-order valence-electron chi connectivity index (χ2n) is 6.69. The van der Waals surface area contributed by atoms with Gasteiger partial charge in [0.05, 0.1) is 0 Å². The van der Waals surface area contributed by atoms with Gasteiger partial charge in [-0.3, -0.25) is 0 Å². The van der Waals surface area contributed by atoms with E-state index in [0.717, 1.165) is 42.1 Å². The lowest BCUT2D eigenvalue weighted by atomic mass is 10.1. The van der Waals surface area contributed by atoms with E-state index < -0.39 is 0 Å². The normalized spacial score (nSPS) is 20.8. The van der Waals surface area contributed by atoms with Gasteiger partial charge in [-0.1, -0.05) is 23.1 Å². The zero-order valence-corrected chi connectivity index (χ0v) is 15.0. The van der Waals surface area contributed by atoms with Gasteiger partial charge in [0.25, 0.3) is 0 Å². The Morgan fingerprint density at radius 2 is 2.08 bits per heavy atom. The van der Waals surface area contributed by atoms with E-state index in [1.165, 1.54) is 32.4 Å². The summed E-state index contributed by atoms with van der Waals surface area (Å²) in [6.45, 7) is 3.34. The molecule has 25 heavy (non-hydrogen) atoms. The summed E-state index contributed by atoms with van der Waals surface area (Å²) in [5.74, 6) is 1.54. The number of halogens is 1. The topological polar surface area (TPSA) is 63.4 Å². The molecule has 0 radical (unpaired) electrons. The van der Waals surface area contributed by atoms with Crippen LogP contribution in [0, 0.1) is 0 Å². The molecule has 3 heterocycles. The first kappa shape index (κ1) is 16.7. The van der Waals surface area contributed by atoms with Crippen molar-refractivity contribution >= 4 is 17.6 Å². The van der Waals surface area contributed by atoms with E-state index in [-0.39, 0.29) is 6.23 Å². The van der Waals surface area contributed by atoms with E-state index in [9.17, 15) is 0 Å². The third-order valence-electron chi connectivity index (χ3n) is 4.81. The molecule has 1 unspecified atom stereocenters. The highest BCUT2D eigenvalue weighted by atomic mass is 35.5. The molecule has 1 saturated heterocycles. The largest absolute Gasteiger partial charge is 0.470 e. The molecule has 1 N–H and O–H groups in total. The molecule has 2 aliphatic rings. The number of benzene rings is 1. The Bertz CT molecular complexity index is 715. The van der Waals surface area contributed by atoms with E-state index in [2.05, 4.69) is 20.4 Å². The van der Waals surface area contributed by atoms with Gasteiger partial charge in [-0.15, -0.1) is 5.10 Å². The summed E-state index contributed by atoms with van der Waals surface area (Å²) in [6, 6.07) is 6.13. The molecule has 1 aromatic heterocycles. The Morgan fingerprint density at radius 3 is 2.96 bits per heavy atom. The number of ether oxygens (including phenoxy) is 1. The molecule has 0 aliphatic carbocycles. The van der Waals surface area contributed by atoms with Crippen LogP contribution in [0.4, 0.5) is 6.01 Å². The van der Waals surface area contributed by atoms with E-state index in [1.54, 1.807) is 0 Å². The quantitative estimate of drug-likeness (QED) is 0.878. The van der Waals surface area contributed by atoms with Crippen LogP contribution in [0.1, 0.15) is 37.1 Å². The van der Waals surface area contributed by atoms with Crippen LogP contribution in [0.25, 0.3) is 0 Å². The standard InChI is InChI=1S/C18H23ClN4O2/c19-14-5-6-15-13(12-14)4-7-16(24-15)20-18-22-21-17(25-18)8-11-23-9-2-1-3-10-23/h5-6,12,16H,1-4,7-11H2,(H,20,22). The minimum atomic E-state index is -0.163. The monoisotopic (exact) mass is 362 g/mol. The van der Waals surface area contributed by atoms with Crippen molar-refractivity contribution in [2.24, 2.45) is 0 Å². The molecular weight excluding hydrogens is 340 g/mol.